The zero-order valence-corrected chi connectivity index (χ0v) is 15.4. The van der Waals surface area contributed by atoms with Gasteiger partial charge >= 0.3 is 0 Å². The van der Waals surface area contributed by atoms with Gasteiger partial charge in [-0.05, 0) is 54.3 Å². The van der Waals surface area contributed by atoms with E-state index < -0.39 is 0 Å². The smallest absolute Gasteiger partial charge is 0.251 e. The van der Waals surface area contributed by atoms with Gasteiger partial charge in [-0.25, -0.2) is 0 Å². The molecule has 0 unspecified atom stereocenters. The summed E-state index contributed by atoms with van der Waals surface area (Å²) in [5.41, 5.74) is 3.86. The van der Waals surface area contributed by atoms with Crippen LogP contribution in [0.15, 0.2) is 42.5 Å². The topological polar surface area (TPSA) is 113 Å². The monoisotopic (exact) mass is 376 g/mol. The fraction of sp³-hybridized carbons (Fsp3) is 0.250. The lowest BCUT2D eigenvalue weighted by Gasteiger charge is -2.11. The first kappa shape index (κ1) is 17.8. The minimum absolute atomic E-state index is 0.0268. The Kier molecular flexibility index (Phi) is 4.84. The molecule has 28 heavy (non-hydrogen) atoms. The number of anilines is 1. The van der Waals surface area contributed by atoms with Gasteiger partial charge in [0.15, 0.2) is 0 Å². The maximum absolute atomic E-state index is 12.6. The van der Waals surface area contributed by atoms with Crippen LogP contribution in [-0.4, -0.2) is 32.4 Å². The van der Waals surface area contributed by atoms with E-state index in [-0.39, 0.29) is 17.7 Å². The van der Waals surface area contributed by atoms with Gasteiger partial charge < -0.3 is 10.6 Å². The summed E-state index contributed by atoms with van der Waals surface area (Å²) >= 11 is 0. The fourth-order valence-corrected chi connectivity index (χ4v) is 2.87. The minimum Gasteiger partial charge on any atom is -0.348 e. The second-order valence-corrected chi connectivity index (χ2v) is 6.91. The van der Waals surface area contributed by atoms with Crippen molar-refractivity contribution >= 4 is 17.5 Å². The average Bonchev–Trinajstić information content (AvgIpc) is 3.42. The Hall–Kier alpha value is -3.55. The van der Waals surface area contributed by atoms with Crippen LogP contribution in [0.4, 0.5) is 5.69 Å². The Morgan fingerprint density at radius 2 is 2.04 bits per heavy atom. The van der Waals surface area contributed by atoms with Gasteiger partial charge in [-0.3, -0.25) is 9.59 Å². The predicted octanol–water partition coefficient (Wildman–Crippen LogP) is 2.45. The summed E-state index contributed by atoms with van der Waals surface area (Å²) in [5, 5.41) is 19.7. The van der Waals surface area contributed by atoms with Crippen LogP contribution in [0.1, 0.15) is 34.3 Å². The van der Waals surface area contributed by atoms with Gasteiger partial charge in [0.25, 0.3) is 5.91 Å². The van der Waals surface area contributed by atoms with Crippen molar-refractivity contribution < 1.29 is 9.59 Å². The van der Waals surface area contributed by atoms with Crippen molar-refractivity contribution in [1.82, 2.24) is 25.9 Å². The molecule has 8 heteroatoms. The molecule has 0 atom stereocenters. The molecule has 1 aliphatic rings. The maximum atomic E-state index is 12.6. The normalized spacial score (nSPS) is 13.2. The van der Waals surface area contributed by atoms with E-state index in [0.29, 0.717) is 23.6 Å². The third-order valence-corrected chi connectivity index (χ3v) is 4.69. The van der Waals surface area contributed by atoms with Gasteiger partial charge in [0.1, 0.15) is 0 Å². The Morgan fingerprint density at radius 1 is 1.18 bits per heavy atom. The lowest BCUT2D eigenvalue weighted by Crippen LogP contribution is -2.23. The van der Waals surface area contributed by atoms with Crippen LogP contribution in [0, 0.1) is 12.8 Å². The van der Waals surface area contributed by atoms with Gasteiger partial charge in [-0.1, -0.05) is 24.3 Å². The third-order valence-electron chi connectivity index (χ3n) is 4.69. The van der Waals surface area contributed by atoms with Gasteiger partial charge in [-0.2, -0.15) is 5.21 Å². The molecule has 2 aromatic carbocycles. The SMILES string of the molecule is Cc1ccc(C(=O)NCc2cccc(-c3nn[nH]n3)c2)cc1NC(=O)C1CC1. The van der Waals surface area contributed by atoms with E-state index in [1.807, 2.05) is 37.3 Å². The number of benzene rings is 2. The van der Waals surface area contributed by atoms with Crippen LogP contribution < -0.4 is 10.6 Å². The van der Waals surface area contributed by atoms with Crippen molar-refractivity contribution in [3.8, 4) is 11.4 Å². The van der Waals surface area contributed by atoms with Crippen LogP contribution in [0.5, 0.6) is 0 Å². The van der Waals surface area contributed by atoms with E-state index in [9.17, 15) is 9.59 Å². The highest BCUT2D eigenvalue weighted by Crippen LogP contribution is 2.30. The minimum atomic E-state index is -0.202. The molecule has 1 aliphatic carbocycles. The number of carbonyl (C=O) groups is 2. The highest BCUT2D eigenvalue weighted by Gasteiger charge is 2.29. The average molecular weight is 376 g/mol. The van der Waals surface area contributed by atoms with Crippen LogP contribution in [0.25, 0.3) is 11.4 Å². The number of H-pyrrole nitrogens is 1. The number of amides is 2. The van der Waals surface area contributed by atoms with Crippen molar-refractivity contribution in [2.75, 3.05) is 5.32 Å². The number of carbonyl (C=O) groups excluding carboxylic acids is 2. The van der Waals surface area contributed by atoms with Crippen molar-refractivity contribution in [2.45, 2.75) is 26.3 Å². The Balaban J connectivity index is 1.42. The highest BCUT2D eigenvalue weighted by molar-refractivity contribution is 5.98. The number of aryl methyl sites for hydroxylation is 1. The van der Waals surface area contributed by atoms with Crippen molar-refractivity contribution in [3.05, 3.63) is 59.2 Å². The zero-order chi connectivity index (χ0) is 19.5. The van der Waals surface area contributed by atoms with Crippen molar-refractivity contribution in [1.29, 1.82) is 0 Å². The summed E-state index contributed by atoms with van der Waals surface area (Å²) in [5.74, 6) is 0.442. The van der Waals surface area contributed by atoms with Crippen LogP contribution in [0.3, 0.4) is 0 Å². The molecule has 3 N–H and O–H groups in total. The molecular weight excluding hydrogens is 356 g/mol. The molecule has 1 saturated carbocycles. The summed E-state index contributed by atoms with van der Waals surface area (Å²) in [6, 6.07) is 12.9. The standard InChI is InChI=1S/C20H20N6O2/c1-12-5-6-16(10-17(12)22-20(28)14-7-8-14)19(27)21-11-13-3-2-4-15(9-13)18-23-25-26-24-18/h2-6,9-10,14H,7-8,11H2,1H3,(H,21,27)(H,22,28)(H,23,24,25,26). The molecule has 2 amide bonds. The van der Waals surface area contributed by atoms with Crippen molar-refractivity contribution in [3.63, 3.8) is 0 Å². The lowest BCUT2D eigenvalue weighted by atomic mass is 10.1. The molecule has 142 valence electrons. The van der Waals surface area contributed by atoms with Gasteiger partial charge in [0, 0.05) is 29.3 Å². The molecule has 3 aromatic rings. The number of hydrogen-bond acceptors (Lipinski definition) is 5. The van der Waals surface area contributed by atoms with Crippen LogP contribution >= 0.6 is 0 Å². The first-order chi connectivity index (χ1) is 13.6. The molecule has 0 radical (unpaired) electrons. The number of hydrogen-bond donors (Lipinski definition) is 3. The molecule has 0 spiro atoms. The Labute approximate surface area is 161 Å². The fourth-order valence-electron chi connectivity index (χ4n) is 2.87. The molecule has 1 heterocycles. The number of nitrogens with zero attached hydrogens (tertiary/aromatic N) is 3. The number of rotatable bonds is 6. The summed E-state index contributed by atoms with van der Waals surface area (Å²) in [6.07, 6.45) is 1.88. The largest absolute Gasteiger partial charge is 0.348 e. The summed E-state index contributed by atoms with van der Waals surface area (Å²) in [4.78, 5) is 24.6. The van der Waals surface area contributed by atoms with Gasteiger partial charge in [-0.15, -0.1) is 10.2 Å². The number of aromatic amines is 1. The van der Waals surface area contributed by atoms with Crippen LogP contribution in [0.2, 0.25) is 0 Å². The van der Waals surface area contributed by atoms with E-state index in [0.717, 1.165) is 29.5 Å². The van der Waals surface area contributed by atoms with Crippen LogP contribution in [-0.2, 0) is 11.3 Å². The Bertz CT molecular complexity index is 1010. The molecule has 0 saturated heterocycles. The molecule has 0 bridgehead atoms. The first-order valence-corrected chi connectivity index (χ1v) is 9.12. The van der Waals surface area contributed by atoms with Gasteiger partial charge in [0.05, 0.1) is 0 Å². The van der Waals surface area contributed by atoms with E-state index in [4.69, 9.17) is 0 Å². The summed E-state index contributed by atoms with van der Waals surface area (Å²) < 4.78 is 0. The van der Waals surface area contributed by atoms with E-state index in [1.54, 1.807) is 12.1 Å². The Morgan fingerprint density at radius 3 is 2.79 bits per heavy atom. The number of aromatic nitrogens is 4. The first-order valence-electron chi connectivity index (χ1n) is 9.12. The summed E-state index contributed by atoms with van der Waals surface area (Å²) in [6.45, 7) is 2.27. The van der Waals surface area contributed by atoms with E-state index in [1.165, 1.54) is 0 Å². The molecular formula is C20H20N6O2. The molecule has 1 aromatic heterocycles. The highest BCUT2D eigenvalue weighted by atomic mass is 16.2. The molecule has 0 aliphatic heterocycles. The third kappa shape index (κ3) is 4.06. The second kappa shape index (κ2) is 7.59. The molecule has 1 fully saturated rings. The number of nitrogens with one attached hydrogen (secondary N) is 3. The zero-order valence-electron chi connectivity index (χ0n) is 15.4. The quantitative estimate of drug-likeness (QED) is 0.612. The predicted molar refractivity (Wildman–Crippen MR) is 103 cm³/mol. The summed E-state index contributed by atoms with van der Waals surface area (Å²) in [7, 11) is 0. The molecule has 8 nitrogen and oxygen atoms in total. The second-order valence-electron chi connectivity index (χ2n) is 6.91. The van der Waals surface area contributed by atoms with Gasteiger partial charge in [0.2, 0.25) is 11.7 Å². The van der Waals surface area contributed by atoms with Crippen molar-refractivity contribution in [2.24, 2.45) is 5.92 Å². The van der Waals surface area contributed by atoms with E-state index in [2.05, 4.69) is 31.3 Å². The molecule has 4 rings (SSSR count). The maximum Gasteiger partial charge on any atom is 0.251 e. The van der Waals surface area contributed by atoms with E-state index >= 15 is 0 Å². The lowest BCUT2D eigenvalue weighted by molar-refractivity contribution is -0.117. The number of tetrazole rings is 1.